The van der Waals surface area contributed by atoms with Crippen LogP contribution in [0.25, 0.3) is 17.0 Å². The number of imidazole rings is 1. The molecule has 0 spiro atoms. The van der Waals surface area contributed by atoms with Crippen molar-refractivity contribution in [2.45, 2.75) is 10.9 Å². The molecule has 3 aromatic heterocycles. The molecule has 2 N–H and O–H groups in total. The highest BCUT2D eigenvalue weighted by molar-refractivity contribution is 7.98. The van der Waals surface area contributed by atoms with Crippen molar-refractivity contribution >= 4 is 17.4 Å². The van der Waals surface area contributed by atoms with Crippen LogP contribution in [0.4, 0.5) is 0 Å². The highest BCUT2D eigenvalue weighted by atomic mass is 32.2. The molecular formula is C16H14N6S. The van der Waals surface area contributed by atoms with Crippen molar-refractivity contribution in [3.63, 3.8) is 0 Å². The quantitative estimate of drug-likeness (QED) is 0.462. The lowest BCUT2D eigenvalue weighted by atomic mass is 10.2. The molecule has 7 heteroatoms. The average molecular weight is 322 g/mol. The number of rotatable bonds is 4. The molecular weight excluding hydrogens is 308 g/mol. The van der Waals surface area contributed by atoms with Gasteiger partial charge >= 0.3 is 0 Å². The van der Waals surface area contributed by atoms with Crippen LogP contribution in [0.5, 0.6) is 0 Å². The first-order valence-corrected chi connectivity index (χ1v) is 8.11. The molecule has 0 aliphatic heterocycles. The van der Waals surface area contributed by atoms with Crippen LogP contribution in [0.1, 0.15) is 5.69 Å². The molecule has 0 saturated carbocycles. The molecule has 0 aliphatic rings. The number of fused-ring (bicyclic) bond motifs is 1. The third-order valence-corrected chi connectivity index (χ3v) is 4.44. The summed E-state index contributed by atoms with van der Waals surface area (Å²) in [5, 5.41) is 9.03. The van der Waals surface area contributed by atoms with E-state index in [0.717, 1.165) is 16.9 Å². The number of aromatic nitrogens is 5. The molecule has 4 rings (SSSR count). The minimum Gasteiger partial charge on any atom is -0.335 e. The smallest absolute Gasteiger partial charge is 0.210 e. The monoisotopic (exact) mass is 322 g/mol. The van der Waals surface area contributed by atoms with E-state index < -0.39 is 0 Å². The predicted molar refractivity (Wildman–Crippen MR) is 90.4 cm³/mol. The van der Waals surface area contributed by atoms with Crippen molar-refractivity contribution in [2.24, 2.45) is 0 Å². The van der Waals surface area contributed by atoms with Gasteiger partial charge < -0.3 is 10.2 Å². The maximum Gasteiger partial charge on any atom is 0.210 e. The van der Waals surface area contributed by atoms with E-state index in [-0.39, 0.29) is 0 Å². The van der Waals surface area contributed by atoms with Crippen LogP contribution in [0.2, 0.25) is 0 Å². The van der Waals surface area contributed by atoms with Crippen LogP contribution in [0, 0.1) is 0 Å². The van der Waals surface area contributed by atoms with E-state index in [1.807, 2.05) is 65.3 Å². The summed E-state index contributed by atoms with van der Waals surface area (Å²) in [5.41, 5.74) is 2.86. The molecule has 4 aromatic rings. The summed E-state index contributed by atoms with van der Waals surface area (Å²) >= 11 is 1.52. The number of nitrogens with zero attached hydrogens (tertiary/aromatic N) is 5. The minimum atomic E-state index is 0.656. The van der Waals surface area contributed by atoms with E-state index in [9.17, 15) is 0 Å². The number of hydrogen-bond acceptors (Lipinski definition) is 5. The van der Waals surface area contributed by atoms with Crippen LogP contribution >= 0.6 is 11.8 Å². The van der Waals surface area contributed by atoms with Gasteiger partial charge in [-0.2, -0.15) is 0 Å². The van der Waals surface area contributed by atoms with Gasteiger partial charge in [-0.15, -0.1) is 10.2 Å². The Morgan fingerprint density at radius 2 is 1.83 bits per heavy atom. The largest absolute Gasteiger partial charge is 0.335 e. The molecule has 0 aliphatic carbocycles. The summed E-state index contributed by atoms with van der Waals surface area (Å²) in [6, 6.07) is 15.7. The summed E-state index contributed by atoms with van der Waals surface area (Å²) in [4.78, 5) is 4.57. The molecule has 0 unspecified atom stereocenters. The fourth-order valence-corrected chi connectivity index (χ4v) is 3.09. The summed E-state index contributed by atoms with van der Waals surface area (Å²) in [5.74, 6) is 7.46. The maximum absolute atomic E-state index is 6.12. The zero-order valence-corrected chi connectivity index (χ0v) is 13.0. The number of nitrogens with two attached hydrogens (primary N) is 1. The van der Waals surface area contributed by atoms with Crippen LogP contribution in [0.3, 0.4) is 0 Å². The highest BCUT2D eigenvalue weighted by Crippen LogP contribution is 2.24. The molecule has 3 heterocycles. The SMILES string of the molecule is Nn1c(SCc2cn3ccccc3n2)nnc1-c1ccccc1. The van der Waals surface area contributed by atoms with E-state index in [2.05, 4.69) is 15.2 Å². The number of thioether (sulfide) groups is 1. The van der Waals surface area contributed by atoms with Crippen molar-refractivity contribution in [1.82, 2.24) is 24.3 Å². The molecule has 114 valence electrons. The van der Waals surface area contributed by atoms with Gasteiger partial charge in [-0.05, 0) is 12.1 Å². The lowest BCUT2D eigenvalue weighted by Gasteiger charge is -2.02. The second-order valence-electron chi connectivity index (χ2n) is 5.03. The van der Waals surface area contributed by atoms with Crippen LogP contribution in [-0.2, 0) is 5.75 Å². The van der Waals surface area contributed by atoms with Gasteiger partial charge in [0.2, 0.25) is 5.16 Å². The van der Waals surface area contributed by atoms with Crippen molar-refractivity contribution < 1.29 is 0 Å². The van der Waals surface area contributed by atoms with E-state index in [4.69, 9.17) is 5.84 Å². The Morgan fingerprint density at radius 3 is 2.65 bits per heavy atom. The standard InChI is InChI=1S/C16H14N6S/c17-22-15(12-6-2-1-3-7-12)19-20-16(22)23-11-13-10-21-9-5-4-8-14(21)18-13/h1-10H,11,17H2. The number of benzene rings is 1. The molecule has 0 radical (unpaired) electrons. The summed E-state index contributed by atoms with van der Waals surface area (Å²) in [6.45, 7) is 0. The topological polar surface area (TPSA) is 74.0 Å². The third-order valence-electron chi connectivity index (χ3n) is 3.46. The minimum absolute atomic E-state index is 0.656. The van der Waals surface area contributed by atoms with Gasteiger partial charge in [0.05, 0.1) is 5.69 Å². The second kappa shape index (κ2) is 5.77. The number of nitrogen functional groups attached to an aromatic ring is 1. The van der Waals surface area contributed by atoms with E-state index in [0.29, 0.717) is 16.7 Å². The molecule has 6 nitrogen and oxygen atoms in total. The highest BCUT2D eigenvalue weighted by Gasteiger charge is 2.12. The molecule has 1 aromatic carbocycles. The predicted octanol–water partition coefficient (Wildman–Crippen LogP) is 2.60. The molecule has 0 atom stereocenters. The van der Waals surface area contributed by atoms with Gasteiger partial charge in [0.1, 0.15) is 5.65 Å². The molecule has 0 amide bonds. The maximum atomic E-state index is 6.12. The van der Waals surface area contributed by atoms with Gasteiger partial charge in [-0.1, -0.05) is 48.2 Å². The van der Waals surface area contributed by atoms with Crippen molar-refractivity contribution in [2.75, 3.05) is 5.84 Å². The summed E-state index contributed by atoms with van der Waals surface area (Å²) in [6.07, 6.45) is 3.99. The summed E-state index contributed by atoms with van der Waals surface area (Å²) < 4.78 is 3.52. The van der Waals surface area contributed by atoms with Gasteiger partial charge in [-0.3, -0.25) is 0 Å². The second-order valence-corrected chi connectivity index (χ2v) is 5.97. The Hall–Kier alpha value is -2.80. The molecule has 0 fully saturated rings. The normalized spacial score (nSPS) is 11.1. The van der Waals surface area contributed by atoms with Crippen LogP contribution in [0.15, 0.2) is 66.1 Å². The van der Waals surface area contributed by atoms with Gasteiger partial charge in [-0.25, -0.2) is 9.66 Å². The Balaban J connectivity index is 1.54. The van der Waals surface area contributed by atoms with Gasteiger partial charge in [0.15, 0.2) is 5.82 Å². The molecule has 0 saturated heterocycles. The fraction of sp³-hybridized carbons (Fsp3) is 0.0625. The van der Waals surface area contributed by atoms with E-state index >= 15 is 0 Å². The Kier molecular flexibility index (Phi) is 3.47. The van der Waals surface area contributed by atoms with Crippen LogP contribution < -0.4 is 5.84 Å². The van der Waals surface area contributed by atoms with Crippen LogP contribution in [-0.4, -0.2) is 24.3 Å². The molecule has 23 heavy (non-hydrogen) atoms. The average Bonchev–Trinajstić information content (AvgIpc) is 3.17. The van der Waals surface area contributed by atoms with Crippen molar-refractivity contribution in [3.8, 4) is 11.4 Å². The zero-order valence-electron chi connectivity index (χ0n) is 12.2. The van der Waals surface area contributed by atoms with E-state index in [1.54, 1.807) is 0 Å². The van der Waals surface area contributed by atoms with Gasteiger partial charge in [0, 0.05) is 23.7 Å². The first-order valence-electron chi connectivity index (χ1n) is 7.12. The van der Waals surface area contributed by atoms with Crippen molar-refractivity contribution in [1.29, 1.82) is 0 Å². The first kappa shape index (κ1) is 13.8. The first-order chi connectivity index (χ1) is 11.3. The Bertz CT molecular complexity index is 911. The number of hydrogen-bond donors (Lipinski definition) is 1. The lowest BCUT2D eigenvalue weighted by molar-refractivity contribution is 0.849. The summed E-state index contributed by atoms with van der Waals surface area (Å²) in [7, 11) is 0. The molecule has 0 bridgehead atoms. The van der Waals surface area contributed by atoms with Gasteiger partial charge in [0.25, 0.3) is 0 Å². The third kappa shape index (κ3) is 2.66. The number of pyridine rings is 1. The Morgan fingerprint density at radius 1 is 1.00 bits per heavy atom. The Labute approximate surface area is 137 Å². The lowest BCUT2D eigenvalue weighted by Crippen LogP contribution is -2.11. The van der Waals surface area contributed by atoms with Crippen molar-refractivity contribution in [3.05, 3.63) is 66.6 Å². The zero-order chi connectivity index (χ0) is 15.6. The van der Waals surface area contributed by atoms with E-state index in [1.165, 1.54) is 16.4 Å². The fourth-order valence-electron chi connectivity index (χ4n) is 2.35.